The third-order valence-corrected chi connectivity index (χ3v) is 2.94. The highest BCUT2D eigenvalue weighted by molar-refractivity contribution is 5.78. The zero-order valence-corrected chi connectivity index (χ0v) is 11.9. The van der Waals surface area contributed by atoms with Crippen LogP contribution in [-0.4, -0.2) is 25.2 Å². The summed E-state index contributed by atoms with van der Waals surface area (Å²) in [6.45, 7) is 2.43. The largest absolute Gasteiger partial charge is 0.484 e. The van der Waals surface area contributed by atoms with Crippen LogP contribution in [0.2, 0.25) is 0 Å². The van der Waals surface area contributed by atoms with Crippen LogP contribution < -0.4 is 15.8 Å². The Bertz CT molecular complexity index is 460. The summed E-state index contributed by atoms with van der Waals surface area (Å²) in [5, 5.41) is 2.78. The maximum absolute atomic E-state index is 12.0. The van der Waals surface area contributed by atoms with Crippen LogP contribution in [0.1, 0.15) is 25.5 Å². The molecular weight excluding hydrogens is 285 g/mol. The highest BCUT2D eigenvalue weighted by Crippen LogP contribution is 2.21. The molecule has 0 fully saturated rings. The van der Waals surface area contributed by atoms with E-state index in [1.165, 1.54) is 12.1 Å². The molecule has 1 amide bonds. The molecule has 1 aromatic rings. The average Bonchev–Trinajstić information content (AvgIpc) is 2.43. The van der Waals surface area contributed by atoms with Crippen molar-refractivity contribution in [2.24, 2.45) is 11.7 Å². The molecule has 0 radical (unpaired) electrons. The highest BCUT2D eigenvalue weighted by atomic mass is 19.4. The zero-order chi connectivity index (χ0) is 16.0. The fourth-order valence-corrected chi connectivity index (χ4v) is 1.56. The lowest BCUT2D eigenvalue weighted by Crippen LogP contribution is -2.34. The lowest BCUT2D eigenvalue weighted by molar-refractivity contribution is -0.153. The Morgan fingerprint density at radius 1 is 1.29 bits per heavy atom. The van der Waals surface area contributed by atoms with Gasteiger partial charge in [0.2, 0.25) is 5.91 Å². The van der Waals surface area contributed by atoms with Crippen LogP contribution in [0.5, 0.6) is 5.75 Å². The van der Waals surface area contributed by atoms with Crippen LogP contribution >= 0.6 is 0 Å². The van der Waals surface area contributed by atoms with Crippen molar-refractivity contribution in [3.8, 4) is 5.75 Å². The number of carbonyl (C=O) groups excluding carboxylic acids is 1. The van der Waals surface area contributed by atoms with Crippen molar-refractivity contribution >= 4 is 5.91 Å². The number of carbonyl (C=O) groups is 1. The molecule has 0 spiro atoms. The Labute approximate surface area is 121 Å². The van der Waals surface area contributed by atoms with Gasteiger partial charge in [0.1, 0.15) is 5.75 Å². The SMILES string of the molecule is CC(CN)C(=O)NC(C)c1ccc(OCC(F)(F)F)cc1. The first-order chi connectivity index (χ1) is 9.73. The summed E-state index contributed by atoms with van der Waals surface area (Å²) in [4.78, 5) is 11.7. The quantitative estimate of drug-likeness (QED) is 0.848. The van der Waals surface area contributed by atoms with Gasteiger partial charge in [-0.15, -0.1) is 0 Å². The number of alkyl halides is 3. The number of benzene rings is 1. The van der Waals surface area contributed by atoms with Gasteiger partial charge >= 0.3 is 6.18 Å². The van der Waals surface area contributed by atoms with Gasteiger partial charge in [0, 0.05) is 12.5 Å². The fraction of sp³-hybridized carbons (Fsp3) is 0.500. The van der Waals surface area contributed by atoms with Gasteiger partial charge in [0.05, 0.1) is 6.04 Å². The van der Waals surface area contributed by atoms with Crippen LogP contribution in [0, 0.1) is 5.92 Å². The predicted molar refractivity (Wildman–Crippen MR) is 72.8 cm³/mol. The Kier molecular flexibility index (Phi) is 6.02. The summed E-state index contributed by atoms with van der Waals surface area (Å²) in [6.07, 6.45) is -4.36. The number of halogens is 3. The molecule has 1 aromatic carbocycles. The molecule has 0 saturated carbocycles. The molecule has 7 heteroatoms. The summed E-state index contributed by atoms with van der Waals surface area (Å²) in [6, 6.07) is 5.85. The lowest BCUT2D eigenvalue weighted by atomic mass is 10.1. The molecule has 0 aromatic heterocycles. The van der Waals surface area contributed by atoms with E-state index in [0.717, 1.165) is 5.56 Å². The molecule has 0 bridgehead atoms. The molecule has 0 aliphatic carbocycles. The second-order valence-corrected chi connectivity index (χ2v) is 4.84. The van der Waals surface area contributed by atoms with Crippen LogP contribution in [0.4, 0.5) is 13.2 Å². The predicted octanol–water partition coefficient (Wildman–Crippen LogP) is 2.40. The second-order valence-electron chi connectivity index (χ2n) is 4.84. The molecule has 0 aliphatic rings. The van der Waals surface area contributed by atoms with E-state index in [2.05, 4.69) is 10.1 Å². The first kappa shape index (κ1) is 17.3. The Morgan fingerprint density at radius 3 is 2.33 bits per heavy atom. The van der Waals surface area contributed by atoms with Crippen molar-refractivity contribution in [2.45, 2.75) is 26.1 Å². The molecule has 0 heterocycles. The zero-order valence-electron chi connectivity index (χ0n) is 11.9. The Balaban J connectivity index is 2.59. The smallest absolute Gasteiger partial charge is 0.422 e. The number of hydrogen-bond acceptors (Lipinski definition) is 3. The molecule has 2 unspecified atom stereocenters. The molecule has 21 heavy (non-hydrogen) atoms. The number of ether oxygens (including phenoxy) is 1. The minimum atomic E-state index is -4.36. The number of hydrogen-bond donors (Lipinski definition) is 2. The first-order valence-electron chi connectivity index (χ1n) is 6.53. The van der Waals surface area contributed by atoms with Crippen LogP contribution in [0.15, 0.2) is 24.3 Å². The molecule has 2 atom stereocenters. The van der Waals surface area contributed by atoms with Gasteiger partial charge in [0.15, 0.2) is 6.61 Å². The minimum absolute atomic E-state index is 0.130. The van der Waals surface area contributed by atoms with Gasteiger partial charge in [-0.25, -0.2) is 0 Å². The van der Waals surface area contributed by atoms with E-state index in [1.54, 1.807) is 26.0 Å². The molecule has 0 aliphatic heterocycles. The van der Waals surface area contributed by atoms with E-state index >= 15 is 0 Å². The Morgan fingerprint density at radius 2 is 1.86 bits per heavy atom. The normalized spacial score (nSPS) is 14.4. The molecular formula is C14H19F3N2O2. The van der Waals surface area contributed by atoms with Gasteiger partial charge in [-0.2, -0.15) is 13.2 Å². The second kappa shape index (κ2) is 7.31. The van der Waals surface area contributed by atoms with Crippen molar-refractivity contribution in [3.05, 3.63) is 29.8 Å². The number of nitrogens with two attached hydrogens (primary N) is 1. The molecule has 4 nitrogen and oxygen atoms in total. The standard InChI is InChI=1S/C14H19F3N2O2/c1-9(7-18)13(20)19-10(2)11-3-5-12(6-4-11)21-8-14(15,16)17/h3-6,9-10H,7-8,18H2,1-2H3,(H,19,20). The summed E-state index contributed by atoms with van der Waals surface area (Å²) in [7, 11) is 0. The first-order valence-corrected chi connectivity index (χ1v) is 6.53. The summed E-state index contributed by atoms with van der Waals surface area (Å²) in [5.41, 5.74) is 6.18. The van der Waals surface area contributed by atoms with E-state index in [1.807, 2.05) is 0 Å². The summed E-state index contributed by atoms with van der Waals surface area (Å²) in [5.74, 6) is -0.325. The van der Waals surface area contributed by atoms with E-state index in [-0.39, 0.29) is 30.2 Å². The van der Waals surface area contributed by atoms with E-state index in [4.69, 9.17) is 5.73 Å². The summed E-state index contributed by atoms with van der Waals surface area (Å²) >= 11 is 0. The van der Waals surface area contributed by atoms with Gasteiger partial charge in [0.25, 0.3) is 0 Å². The Hall–Kier alpha value is -1.76. The van der Waals surface area contributed by atoms with Gasteiger partial charge in [-0.05, 0) is 24.6 Å². The van der Waals surface area contributed by atoms with Gasteiger partial charge in [-0.1, -0.05) is 19.1 Å². The topological polar surface area (TPSA) is 64.4 Å². The molecule has 118 valence electrons. The lowest BCUT2D eigenvalue weighted by Gasteiger charge is -2.17. The van der Waals surface area contributed by atoms with Crippen LogP contribution in [0.3, 0.4) is 0 Å². The van der Waals surface area contributed by atoms with E-state index in [0.29, 0.717) is 0 Å². The van der Waals surface area contributed by atoms with Crippen molar-refractivity contribution in [3.63, 3.8) is 0 Å². The van der Waals surface area contributed by atoms with Crippen molar-refractivity contribution in [1.29, 1.82) is 0 Å². The van der Waals surface area contributed by atoms with Crippen LogP contribution in [-0.2, 0) is 4.79 Å². The maximum Gasteiger partial charge on any atom is 0.422 e. The maximum atomic E-state index is 12.0. The minimum Gasteiger partial charge on any atom is -0.484 e. The number of amides is 1. The molecule has 0 saturated heterocycles. The van der Waals surface area contributed by atoms with Crippen molar-refractivity contribution in [1.82, 2.24) is 5.32 Å². The fourth-order valence-electron chi connectivity index (χ4n) is 1.56. The van der Waals surface area contributed by atoms with Crippen LogP contribution in [0.25, 0.3) is 0 Å². The van der Waals surface area contributed by atoms with E-state index in [9.17, 15) is 18.0 Å². The highest BCUT2D eigenvalue weighted by Gasteiger charge is 2.28. The monoisotopic (exact) mass is 304 g/mol. The average molecular weight is 304 g/mol. The number of rotatable bonds is 6. The van der Waals surface area contributed by atoms with Gasteiger partial charge < -0.3 is 15.8 Å². The van der Waals surface area contributed by atoms with E-state index < -0.39 is 12.8 Å². The third-order valence-electron chi connectivity index (χ3n) is 2.94. The summed E-state index contributed by atoms with van der Waals surface area (Å²) < 4.78 is 40.7. The number of nitrogens with one attached hydrogen (secondary N) is 1. The molecule has 1 rings (SSSR count). The van der Waals surface area contributed by atoms with Crippen molar-refractivity contribution < 1.29 is 22.7 Å². The molecule has 3 N–H and O–H groups in total. The van der Waals surface area contributed by atoms with Crippen molar-refractivity contribution in [2.75, 3.05) is 13.2 Å². The van der Waals surface area contributed by atoms with Gasteiger partial charge in [-0.3, -0.25) is 4.79 Å². The third kappa shape index (κ3) is 6.03.